The lowest BCUT2D eigenvalue weighted by molar-refractivity contribution is -0.139. The van der Waals surface area contributed by atoms with Gasteiger partial charge in [-0.2, -0.15) is 0 Å². The number of hydrogen-bond donors (Lipinski definition) is 0. The molecule has 3 aromatic carbocycles. The number of benzene rings is 3. The molecular formula is C39H50ClN3O4. The van der Waals surface area contributed by atoms with Gasteiger partial charge in [0, 0.05) is 29.2 Å². The summed E-state index contributed by atoms with van der Waals surface area (Å²) < 4.78 is 12.0. The third kappa shape index (κ3) is 7.47. The third-order valence-corrected chi connectivity index (χ3v) is 10.5. The standard InChI is InChI=1S/C39H50ClN3O4/c1-8-25(3)47-36-24-34-30(22-35(36)46-7)23-37(44)43(38(34)28-10-16-31(40)17-11-28)33-20-12-27(13-21-33)26(4)42(9-2)39(45)29-14-18-32(19-15-29)41(5)6/h10-13,16-17,20-22,24-26,29,32,38H,8-9,14-15,18-19,23H2,1-7H3/t25-,26?,29-,32-,38?/m1/s1. The van der Waals surface area contributed by atoms with Gasteiger partial charge in [-0.3, -0.25) is 9.59 Å². The molecule has 0 saturated heterocycles. The third-order valence-electron chi connectivity index (χ3n) is 10.2. The number of ether oxygens (including phenoxy) is 2. The van der Waals surface area contributed by atoms with Gasteiger partial charge >= 0.3 is 0 Å². The van der Waals surface area contributed by atoms with Crippen LogP contribution in [0.2, 0.25) is 5.02 Å². The topological polar surface area (TPSA) is 62.3 Å². The first-order valence-corrected chi connectivity index (χ1v) is 17.5. The van der Waals surface area contributed by atoms with E-state index in [-0.39, 0.29) is 42.3 Å². The Balaban J connectivity index is 1.45. The Kier molecular flexibility index (Phi) is 11.2. The second-order valence-electron chi connectivity index (χ2n) is 13.3. The molecule has 1 aliphatic heterocycles. The Labute approximate surface area is 285 Å². The monoisotopic (exact) mass is 659 g/mol. The number of methoxy groups -OCH3 is 1. The molecule has 1 saturated carbocycles. The number of carbonyl (C=O) groups is 2. The molecule has 8 heteroatoms. The maximum absolute atomic E-state index is 14.0. The van der Waals surface area contributed by atoms with Crippen molar-refractivity contribution in [1.82, 2.24) is 9.80 Å². The van der Waals surface area contributed by atoms with Gasteiger partial charge in [-0.1, -0.05) is 42.8 Å². The van der Waals surface area contributed by atoms with Crippen molar-refractivity contribution in [3.63, 3.8) is 0 Å². The first-order valence-electron chi connectivity index (χ1n) is 17.1. The van der Waals surface area contributed by atoms with Crippen LogP contribution in [0.1, 0.15) is 94.1 Å². The van der Waals surface area contributed by atoms with Crippen molar-refractivity contribution in [1.29, 1.82) is 0 Å². The van der Waals surface area contributed by atoms with E-state index in [1.807, 2.05) is 65.3 Å². The summed E-state index contributed by atoms with van der Waals surface area (Å²) in [6, 6.07) is 19.9. The highest BCUT2D eigenvalue weighted by Gasteiger charge is 2.37. The number of nitrogens with zero attached hydrogens (tertiary/aromatic N) is 3. The summed E-state index contributed by atoms with van der Waals surface area (Å²) >= 11 is 6.30. The van der Waals surface area contributed by atoms with Crippen molar-refractivity contribution >= 4 is 29.1 Å². The zero-order valence-corrected chi connectivity index (χ0v) is 29.7. The molecule has 0 spiro atoms. The van der Waals surface area contributed by atoms with E-state index in [1.165, 1.54) is 0 Å². The number of hydrogen-bond acceptors (Lipinski definition) is 5. The normalized spacial score (nSPS) is 20.8. The van der Waals surface area contributed by atoms with Gasteiger partial charge < -0.3 is 24.2 Å². The van der Waals surface area contributed by atoms with Gasteiger partial charge in [-0.25, -0.2) is 0 Å². The number of fused-ring (bicyclic) bond motifs is 1. The van der Waals surface area contributed by atoms with E-state index in [4.69, 9.17) is 21.1 Å². The van der Waals surface area contributed by atoms with Crippen molar-refractivity contribution in [2.75, 3.05) is 32.6 Å². The SMILES string of the molecule is CC[C@@H](C)Oc1cc2c(cc1OC)CC(=O)N(c1ccc(C(C)N(CC)C(=O)[C@H]3CC[C@H](N(C)C)CC3)cc1)C2c1ccc(Cl)cc1. The molecule has 0 radical (unpaired) electrons. The Morgan fingerprint density at radius 2 is 1.62 bits per heavy atom. The molecule has 0 bridgehead atoms. The van der Waals surface area contributed by atoms with E-state index >= 15 is 0 Å². The number of carbonyl (C=O) groups excluding carboxylic acids is 2. The number of amides is 2. The molecule has 252 valence electrons. The van der Waals surface area contributed by atoms with Gasteiger partial charge in [0.1, 0.15) is 0 Å². The molecule has 2 aliphatic rings. The average Bonchev–Trinajstić information content (AvgIpc) is 3.08. The van der Waals surface area contributed by atoms with Crippen molar-refractivity contribution in [2.24, 2.45) is 5.92 Å². The Morgan fingerprint density at radius 3 is 2.19 bits per heavy atom. The van der Waals surface area contributed by atoms with E-state index in [0.717, 1.165) is 60.0 Å². The summed E-state index contributed by atoms with van der Waals surface area (Å²) in [6.07, 6.45) is 5.10. The predicted octanol–water partition coefficient (Wildman–Crippen LogP) is 8.23. The zero-order chi connectivity index (χ0) is 33.8. The number of rotatable bonds is 11. The minimum Gasteiger partial charge on any atom is -0.493 e. The number of halogens is 1. The highest BCUT2D eigenvalue weighted by molar-refractivity contribution is 6.30. The minimum absolute atomic E-state index is 0.00501. The number of anilines is 1. The van der Waals surface area contributed by atoms with Gasteiger partial charge in [0.05, 0.1) is 31.7 Å². The van der Waals surface area contributed by atoms with Crippen LogP contribution in [0.5, 0.6) is 11.5 Å². The molecule has 0 N–H and O–H groups in total. The van der Waals surface area contributed by atoms with Crippen LogP contribution in [0.25, 0.3) is 0 Å². The summed E-state index contributed by atoms with van der Waals surface area (Å²) in [7, 11) is 5.88. The van der Waals surface area contributed by atoms with Crippen LogP contribution in [0, 0.1) is 5.92 Å². The van der Waals surface area contributed by atoms with Crippen molar-refractivity contribution in [3.8, 4) is 11.5 Å². The molecule has 7 nitrogen and oxygen atoms in total. The Bertz CT molecular complexity index is 1530. The summed E-state index contributed by atoms with van der Waals surface area (Å²) in [5, 5.41) is 0.636. The fourth-order valence-corrected chi connectivity index (χ4v) is 7.29. The van der Waals surface area contributed by atoms with E-state index in [1.54, 1.807) is 7.11 Å². The zero-order valence-electron chi connectivity index (χ0n) is 29.0. The fraction of sp³-hybridized carbons (Fsp3) is 0.487. The van der Waals surface area contributed by atoms with E-state index in [9.17, 15) is 9.59 Å². The highest BCUT2D eigenvalue weighted by atomic mass is 35.5. The van der Waals surface area contributed by atoms with Crippen LogP contribution in [-0.4, -0.2) is 61.5 Å². The quantitative estimate of drug-likeness (QED) is 0.208. The fourth-order valence-electron chi connectivity index (χ4n) is 7.16. The second kappa shape index (κ2) is 15.1. The van der Waals surface area contributed by atoms with E-state index < -0.39 is 0 Å². The van der Waals surface area contributed by atoms with Crippen LogP contribution in [0.15, 0.2) is 60.7 Å². The van der Waals surface area contributed by atoms with E-state index in [2.05, 4.69) is 51.9 Å². The molecule has 2 unspecified atom stereocenters. The van der Waals surface area contributed by atoms with Crippen LogP contribution >= 0.6 is 11.6 Å². The highest BCUT2D eigenvalue weighted by Crippen LogP contribution is 2.44. The summed E-state index contributed by atoms with van der Waals surface area (Å²) in [5.41, 5.74) is 4.71. The van der Waals surface area contributed by atoms with Crippen molar-refractivity contribution < 1.29 is 19.1 Å². The maximum atomic E-state index is 14.0. The molecule has 3 aromatic rings. The van der Waals surface area contributed by atoms with Crippen LogP contribution in [-0.2, 0) is 16.0 Å². The van der Waals surface area contributed by atoms with Crippen LogP contribution in [0.3, 0.4) is 0 Å². The predicted molar refractivity (Wildman–Crippen MR) is 190 cm³/mol. The summed E-state index contributed by atoms with van der Waals surface area (Å²) in [6.45, 7) is 8.94. The molecule has 1 fully saturated rings. The van der Waals surface area contributed by atoms with Gasteiger partial charge in [0.15, 0.2) is 11.5 Å². The van der Waals surface area contributed by atoms with E-state index in [0.29, 0.717) is 29.1 Å². The first kappa shape index (κ1) is 34.8. The second-order valence-corrected chi connectivity index (χ2v) is 13.7. The van der Waals surface area contributed by atoms with Crippen molar-refractivity contribution in [3.05, 3.63) is 87.9 Å². The lowest BCUT2D eigenvalue weighted by Gasteiger charge is -2.39. The molecule has 0 aromatic heterocycles. The largest absolute Gasteiger partial charge is 0.493 e. The van der Waals surface area contributed by atoms with Crippen LogP contribution in [0.4, 0.5) is 5.69 Å². The molecule has 1 heterocycles. The molecule has 2 amide bonds. The average molecular weight is 660 g/mol. The van der Waals surface area contributed by atoms with Gasteiger partial charge in [0.25, 0.3) is 0 Å². The molecule has 47 heavy (non-hydrogen) atoms. The Morgan fingerprint density at radius 1 is 0.957 bits per heavy atom. The molecular weight excluding hydrogens is 610 g/mol. The molecule has 5 rings (SSSR count). The minimum atomic E-state index is -0.386. The Hall–Kier alpha value is -3.55. The first-order chi connectivity index (χ1) is 22.6. The van der Waals surface area contributed by atoms with Gasteiger partial charge in [-0.15, -0.1) is 0 Å². The lowest BCUT2D eigenvalue weighted by Crippen LogP contribution is -2.42. The molecule has 3 atom stereocenters. The van der Waals surface area contributed by atoms with Gasteiger partial charge in [-0.05, 0) is 126 Å². The van der Waals surface area contributed by atoms with Crippen LogP contribution < -0.4 is 14.4 Å². The smallest absolute Gasteiger partial charge is 0.232 e. The lowest BCUT2D eigenvalue weighted by atomic mass is 9.84. The van der Waals surface area contributed by atoms with Crippen molar-refractivity contribution in [2.45, 2.75) is 90.4 Å². The summed E-state index contributed by atoms with van der Waals surface area (Å²) in [5.74, 6) is 1.61. The molecule has 1 aliphatic carbocycles. The summed E-state index contributed by atoms with van der Waals surface area (Å²) in [4.78, 5) is 33.9. The maximum Gasteiger partial charge on any atom is 0.232 e. The van der Waals surface area contributed by atoms with Gasteiger partial charge in [0.2, 0.25) is 11.8 Å².